The lowest BCUT2D eigenvalue weighted by Gasteiger charge is -2.21. The topological polar surface area (TPSA) is 59.1 Å². The van der Waals surface area contributed by atoms with Gasteiger partial charge in [0.2, 0.25) is 0 Å². The zero-order valence-corrected chi connectivity index (χ0v) is 9.08. The minimum absolute atomic E-state index is 0.0260. The number of nitrogens with two attached hydrogens (primary N) is 1. The molecule has 0 saturated carbocycles. The first-order valence-electron chi connectivity index (χ1n) is 4.03. The minimum Gasteiger partial charge on any atom is -0.394 e. The summed E-state index contributed by atoms with van der Waals surface area (Å²) >= 11 is 3.38. The lowest BCUT2D eigenvalue weighted by atomic mass is 9.96. The van der Waals surface area contributed by atoms with Gasteiger partial charge in [-0.05, 0) is 40.9 Å². The van der Waals surface area contributed by atoms with Crippen LogP contribution >= 0.6 is 15.9 Å². The first-order chi connectivity index (χ1) is 6.05. The monoisotopic (exact) mass is 244 g/mol. The standard InChI is InChI=1S/C9H13BrN2O/c1-9(11,6-13)4-7-2-3-12-5-8(7)10/h2-3,5,13H,4,6,11H2,1H3. The lowest BCUT2D eigenvalue weighted by Crippen LogP contribution is -2.42. The van der Waals surface area contributed by atoms with E-state index in [4.69, 9.17) is 10.8 Å². The Balaban J connectivity index is 2.80. The van der Waals surface area contributed by atoms with Crippen molar-refractivity contribution < 1.29 is 5.11 Å². The maximum atomic E-state index is 8.99. The molecule has 0 spiro atoms. The summed E-state index contributed by atoms with van der Waals surface area (Å²) in [6, 6.07) is 1.89. The quantitative estimate of drug-likeness (QED) is 0.838. The predicted molar refractivity (Wildman–Crippen MR) is 55.3 cm³/mol. The van der Waals surface area contributed by atoms with Gasteiger partial charge in [0.1, 0.15) is 0 Å². The second-order valence-electron chi connectivity index (χ2n) is 3.46. The second kappa shape index (κ2) is 4.17. The molecule has 3 N–H and O–H groups in total. The number of hydrogen-bond acceptors (Lipinski definition) is 3. The molecule has 0 amide bonds. The molecular weight excluding hydrogens is 232 g/mol. The zero-order valence-electron chi connectivity index (χ0n) is 7.50. The summed E-state index contributed by atoms with van der Waals surface area (Å²) in [7, 11) is 0. The number of rotatable bonds is 3. The molecule has 3 nitrogen and oxygen atoms in total. The van der Waals surface area contributed by atoms with Crippen molar-refractivity contribution in [3.8, 4) is 0 Å². The lowest BCUT2D eigenvalue weighted by molar-refractivity contribution is 0.208. The molecule has 0 saturated heterocycles. The van der Waals surface area contributed by atoms with Gasteiger partial charge in [0.25, 0.3) is 0 Å². The largest absolute Gasteiger partial charge is 0.394 e. The molecule has 0 aliphatic rings. The molecule has 0 fully saturated rings. The van der Waals surface area contributed by atoms with Crippen LogP contribution in [0.4, 0.5) is 0 Å². The van der Waals surface area contributed by atoms with E-state index in [0.717, 1.165) is 10.0 Å². The maximum Gasteiger partial charge on any atom is 0.0611 e. The van der Waals surface area contributed by atoms with Gasteiger partial charge in [-0.3, -0.25) is 4.98 Å². The highest BCUT2D eigenvalue weighted by Gasteiger charge is 2.18. The molecule has 1 unspecified atom stereocenters. The Morgan fingerprint density at radius 2 is 2.38 bits per heavy atom. The van der Waals surface area contributed by atoms with E-state index >= 15 is 0 Å². The van der Waals surface area contributed by atoms with Crippen molar-refractivity contribution in [2.75, 3.05) is 6.61 Å². The third-order valence-corrected chi connectivity index (χ3v) is 2.53. The minimum atomic E-state index is -0.566. The van der Waals surface area contributed by atoms with Crippen molar-refractivity contribution in [1.82, 2.24) is 4.98 Å². The molecule has 1 heterocycles. The second-order valence-corrected chi connectivity index (χ2v) is 4.31. The maximum absolute atomic E-state index is 8.99. The van der Waals surface area contributed by atoms with Crippen LogP contribution in [0, 0.1) is 0 Å². The summed E-state index contributed by atoms with van der Waals surface area (Å²) in [5.41, 5.74) is 6.32. The van der Waals surface area contributed by atoms with Gasteiger partial charge in [0, 0.05) is 22.4 Å². The van der Waals surface area contributed by atoms with Gasteiger partial charge in [-0.2, -0.15) is 0 Å². The normalized spacial score (nSPS) is 15.4. The van der Waals surface area contributed by atoms with Gasteiger partial charge in [-0.25, -0.2) is 0 Å². The van der Waals surface area contributed by atoms with Gasteiger partial charge < -0.3 is 10.8 Å². The highest BCUT2D eigenvalue weighted by Crippen LogP contribution is 2.18. The molecular formula is C9H13BrN2O. The first-order valence-corrected chi connectivity index (χ1v) is 4.82. The first kappa shape index (κ1) is 10.6. The van der Waals surface area contributed by atoms with Crippen LogP contribution < -0.4 is 5.73 Å². The van der Waals surface area contributed by atoms with Crippen molar-refractivity contribution in [3.63, 3.8) is 0 Å². The summed E-state index contributed by atoms with van der Waals surface area (Å²) in [5, 5.41) is 8.99. The highest BCUT2D eigenvalue weighted by molar-refractivity contribution is 9.10. The van der Waals surface area contributed by atoms with Crippen LogP contribution in [0.1, 0.15) is 12.5 Å². The summed E-state index contributed by atoms with van der Waals surface area (Å²) in [5.74, 6) is 0. The Kier molecular flexibility index (Phi) is 3.41. The molecule has 0 aliphatic heterocycles. The van der Waals surface area contributed by atoms with E-state index < -0.39 is 5.54 Å². The molecule has 0 aromatic carbocycles. The van der Waals surface area contributed by atoms with E-state index in [0.29, 0.717) is 6.42 Å². The Labute approximate surface area is 86.1 Å². The Morgan fingerprint density at radius 3 is 2.92 bits per heavy atom. The van der Waals surface area contributed by atoms with Crippen molar-refractivity contribution in [2.24, 2.45) is 5.73 Å². The molecule has 1 atom stereocenters. The number of aliphatic hydroxyl groups excluding tert-OH is 1. The fourth-order valence-electron chi connectivity index (χ4n) is 1.04. The molecule has 72 valence electrons. The predicted octanol–water partition coefficient (Wildman–Crippen LogP) is 1.10. The van der Waals surface area contributed by atoms with Crippen LogP contribution in [-0.4, -0.2) is 22.2 Å². The van der Waals surface area contributed by atoms with Crippen LogP contribution in [0.2, 0.25) is 0 Å². The van der Waals surface area contributed by atoms with Gasteiger partial charge in [0.15, 0.2) is 0 Å². The van der Waals surface area contributed by atoms with E-state index in [1.54, 1.807) is 12.4 Å². The van der Waals surface area contributed by atoms with E-state index in [-0.39, 0.29) is 6.61 Å². The molecule has 13 heavy (non-hydrogen) atoms. The Morgan fingerprint density at radius 1 is 1.69 bits per heavy atom. The van der Waals surface area contributed by atoms with Crippen LogP contribution in [0.25, 0.3) is 0 Å². The molecule has 1 aromatic rings. The van der Waals surface area contributed by atoms with E-state index in [1.165, 1.54) is 0 Å². The Hall–Kier alpha value is -0.450. The summed E-state index contributed by atoms with van der Waals surface area (Å²) in [6.07, 6.45) is 4.07. The Bertz CT molecular complexity index is 289. The summed E-state index contributed by atoms with van der Waals surface area (Å²) in [6.45, 7) is 1.79. The average molecular weight is 245 g/mol. The summed E-state index contributed by atoms with van der Waals surface area (Å²) in [4.78, 5) is 3.95. The van der Waals surface area contributed by atoms with Gasteiger partial charge in [0.05, 0.1) is 6.61 Å². The van der Waals surface area contributed by atoms with Crippen LogP contribution in [0.5, 0.6) is 0 Å². The van der Waals surface area contributed by atoms with Crippen molar-refractivity contribution in [2.45, 2.75) is 18.9 Å². The number of aromatic nitrogens is 1. The fourth-order valence-corrected chi connectivity index (χ4v) is 1.43. The van der Waals surface area contributed by atoms with Crippen LogP contribution in [-0.2, 0) is 6.42 Å². The number of halogens is 1. The van der Waals surface area contributed by atoms with Crippen molar-refractivity contribution in [1.29, 1.82) is 0 Å². The number of hydrogen-bond donors (Lipinski definition) is 2. The number of nitrogens with zero attached hydrogens (tertiary/aromatic N) is 1. The van der Waals surface area contributed by atoms with Crippen LogP contribution in [0.15, 0.2) is 22.9 Å². The van der Waals surface area contributed by atoms with Gasteiger partial charge in [-0.1, -0.05) is 0 Å². The van der Waals surface area contributed by atoms with Crippen molar-refractivity contribution >= 4 is 15.9 Å². The molecule has 0 radical (unpaired) electrons. The fraction of sp³-hybridized carbons (Fsp3) is 0.444. The number of pyridine rings is 1. The summed E-state index contributed by atoms with van der Waals surface area (Å²) < 4.78 is 0.931. The van der Waals surface area contributed by atoms with Gasteiger partial charge >= 0.3 is 0 Å². The van der Waals surface area contributed by atoms with E-state index in [1.807, 2.05) is 13.0 Å². The smallest absolute Gasteiger partial charge is 0.0611 e. The molecule has 1 aromatic heterocycles. The van der Waals surface area contributed by atoms with Crippen LogP contribution in [0.3, 0.4) is 0 Å². The zero-order chi connectivity index (χ0) is 9.90. The SMILES string of the molecule is CC(N)(CO)Cc1ccncc1Br. The third-order valence-electron chi connectivity index (χ3n) is 1.81. The van der Waals surface area contributed by atoms with Gasteiger partial charge in [-0.15, -0.1) is 0 Å². The highest BCUT2D eigenvalue weighted by atomic mass is 79.9. The third kappa shape index (κ3) is 3.06. The number of aliphatic hydroxyl groups is 1. The molecule has 1 rings (SSSR count). The van der Waals surface area contributed by atoms with E-state index in [9.17, 15) is 0 Å². The molecule has 4 heteroatoms. The molecule has 0 aliphatic carbocycles. The van der Waals surface area contributed by atoms with E-state index in [2.05, 4.69) is 20.9 Å². The average Bonchev–Trinajstić information content (AvgIpc) is 2.09. The molecule has 0 bridgehead atoms. The van der Waals surface area contributed by atoms with Crippen molar-refractivity contribution in [3.05, 3.63) is 28.5 Å².